The molecule has 6 nitrogen and oxygen atoms in total. The Hall–Kier alpha value is -2.73. The summed E-state index contributed by atoms with van der Waals surface area (Å²) in [6.45, 7) is 8.63. The fraction of sp³-hybridized carbons (Fsp3) is 0.536. The molecule has 1 aromatic heterocycles. The predicted octanol–water partition coefficient (Wildman–Crippen LogP) is 3.37. The number of hydrogen-bond donors (Lipinski definition) is 0. The zero-order valence-electron chi connectivity index (χ0n) is 20.5. The molecule has 0 N–H and O–H groups in total. The van der Waals surface area contributed by atoms with E-state index in [1.54, 1.807) is 6.92 Å². The summed E-state index contributed by atoms with van der Waals surface area (Å²) in [6, 6.07) is 11.3. The highest BCUT2D eigenvalue weighted by Gasteiger charge is 2.33. The number of nitrogens with zero attached hydrogens (tertiary/aromatic N) is 4. The summed E-state index contributed by atoms with van der Waals surface area (Å²) in [5.74, 6) is 0.817. The van der Waals surface area contributed by atoms with Gasteiger partial charge in [0.2, 0.25) is 11.8 Å². The third kappa shape index (κ3) is 4.74. The van der Waals surface area contributed by atoms with Gasteiger partial charge in [0.25, 0.3) is 0 Å². The Kier molecular flexibility index (Phi) is 6.68. The molecule has 1 atom stereocenters. The molecule has 1 aliphatic carbocycles. The number of carbonyl (C=O) groups is 2. The van der Waals surface area contributed by atoms with Crippen LogP contribution in [0.2, 0.25) is 0 Å². The van der Waals surface area contributed by atoms with Gasteiger partial charge in [0.15, 0.2) is 0 Å². The molecule has 2 aliphatic heterocycles. The minimum absolute atomic E-state index is 0.146. The van der Waals surface area contributed by atoms with Gasteiger partial charge in [-0.1, -0.05) is 29.8 Å². The number of fused-ring (bicyclic) bond motifs is 2. The van der Waals surface area contributed by atoms with E-state index in [9.17, 15) is 9.59 Å². The van der Waals surface area contributed by atoms with Gasteiger partial charge in [-0.3, -0.25) is 19.5 Å². The Morgan fingerprint density at radius 3 is 2.41 bits per heavy atom. The molecule has 0 saturated carbocycles. The summed E-state index contributed by atoms with van der Waals surface area (Å²) >= 11 is 0. The van der Waals surface area contributed by atoms with Crippen LogP contribution in [0.1, 0.15) is 60.2 Å². The van der Waals surface area contributed by atoms with Gasteiger partial charge in [0, 0.05) is 58.8 Å². The Morgan fingerprint density at radius 2 is 1.68 bits per heavy atom. The van der Waals surface area contributed by atoms with Crippen LogP contribution in [0.5, 0.6) is 0 Å². The maximum atomic E-state index is 13.1. The average molecular weight is 461 g/mol. The molecule has 2 amide bonds. The Morgan fingerprint density at radius 1 is 0.941 bits per heavy atom. The number of aryl methyl sites for hydroxylation is 3. The fourth-order valence-electron chi connectivity index (χ4n) is 5.97. The van der Waals surface area contributed by atoms with Crippen molar-refractivity contribution in [3.63, 3.8) is 0 Å². The topological polar surface area (TPSA) is 56.8 Å². The van der Waals surface area contributed by atoms with E-state index in [1.807, 2.05) is 11.1 Å². The van der Waals surface area contributed by atoms with Gasteiger partial charge in [-0.15, -0.1) is 0 Å². The molecule has 0 bridgehead atoms. The predicted molar refractivity (Wildman–Crippen MR) is 132 cm³/mol. The largest absolute Gasteiger partial charge is 0.343 e. The van der Waals surface area contributed by atoms with Crippen molar-refractivity contribution in [3.8, 4) is 0 Å². The second-order valence-electron chi connectivity index (χ2n) is 10.2. The van der Waals surface area contributed by atoms with Crippen molar-refractivity contribution >= 4 is 11.8 Å². The van der Waals surface area contributed by atoms with Crippen LogP contribution in [0.4, 0.5) is 0 Å². The van der Waals surface area contributed by atoms with Crippen LogP contribution in [0.15, 0.2) is 36.5 Å². The van der Waals surface area contributed by atoms with Gasteiger partial charge in [0.1, 0.15) is 0 Å². The van der Waals surface area contributed by atoms with E-state index >= 15 is 0 Å². The molecule has 5 rings (SSSR count). The number of benzene rings is 1. The molecule has 6 heteroatoms. The molecule has 34 heavy (non-hydrogen) atoms. The highest BCUT2D eigenvalue weighted by molar-refractivity contribution is 5.77. The maximum Gasteiger partial charge on any atom is 0.222 e. The van der Waals surface area contributed by atoms with Crippen molar-refractivity contribution in [2.24, 2.45) is 5.92 Å². The van der Waals surface area contributed by atoms with Gasteiger partial charge < -0.3 is 9.80 Å². The SMILES string of the molecule is CC(=O)N1CCC(CC(=O)N2CCN([C@H]3c4ccc(C)cc4CCc4cccnc43)CC2)CC1. The summed E-state index contributed by atoms with van der Waals surface area (Å²) < 4.78 is 0. The number of piperidine rings is 1. The summed E-state index contributed by atoms with van der Waals surface area (Å²) in [4.78, 5) is 36.0. The van der Waals surface area contributed by atoms with Crippen molar-refractivity contribution in [2.75, 3.05) is 39.3 Å². The van der Waals surface area contributed by atoms with Crippen molar-refractivity contribution in [2.45, 2.75) is 52.0 Å². The first-order valence-electron chi connectivity index (χ1n) is 12.8. The van der Waals surface area contributed by atoms with Gasteiger partial charge in [0.05, 0.1) is 11.7 Å². The smallest absolute Gasteiger partial charge is 0.222 e. The lowest BCUT2D eigenvalue weighted by Gasteiger charge is -2.40. The average Bonchev–Trinajstić information content (AvgIpc) is 3.01. The molecule has 0 spiro atoms. The number of amides is 2. The summed E-state index contributed by atoms with van der Waals surface area (Å²) in [5.41, 5.74) is 6.64. The number of likely N-dealkylation sites (tertiary alicyclic amines) is 1. The van der Waals surface area contributed by atoms with Crippen LogP contribution in [-0.2, 0) is 22.4 Å². The van der Waals surface area contributed by atoms with E-state index in [4.69, 9.17) is 4.98 Å². The molecule has 0 unspecified atom stereocenters. The van der Waals surface area contributed by atoms with E-state index in [0.717, 1.165) is 65.0 Å². The zero-order valence-corrected chi connectivity index (χ0v) is 20.5. The second-order valence-corrected chi connectivity index (χ2v) is 10.2. The molecule has 2 fully saturated rings. The fourth-order valence-corrected chi connectivity index (χ4v) is 5.97. The second kappa shape index (κ2) is 9.87. The lowest BCUT2D eigenvalue weighted by molar-refractivity contribution is -0.135. The molecule has 2 saturated heterocycles. The van der Waals surface area contributed by atoms with E-state index in [2.05, 4.69) is 47.1 Å². The number of hydrogen-bond acceptors (Lipinski definition) is 4. The van der Waals surface area contributed by atoms with Gasteiger partial charge in [-0.25, -0.2) is 0 Å². The van der Waals surface area contributed by atoms with Crippen LogP contribution in [0.25, 0.3) is 0 Å². The maximum absolute atomic E-state index is 13.1. The third-order valence-corrected chi connectivity index (χ3v) is 8.00. The van der Waals surface area contributed by atoms with E-state index in [1.165, 1.54) is 27.9 Å². The van der Waals surface area contributed by atoms with Crippen LogP contribution in [-0.4, -0.2) is 70.8 Å². The Bertz CT molecular complexity index is 1050. The molecule has 3 heterocycles. The molecule has 0 radical (unpaired) electrons. The summed E-state index contributed by atoms with van der Waals surface area (Å²) in [6.07, 6.45) is 6.48. The molecule has 3 aliphatic rings. The lowest BCUT2D eigenvalue weighted by atomic mass is 9.92. The highest BCUT2D eigenvalue weighted by atomic mass is 16.2. The monoisotopic (exact) mass is 460 g/mol. The number of carbonyl (C=O) groups excluding carboxylic acids is 2. The summed E-state index contributed by atoms with van der Waals surface area (Å²) in [5, 5.41) is 0. The van der Waals surface area contributed by atoms with Crippen molar-refractivity contribution in [1.82, 2.24) is 19.7 Å². The Labute approximate surface area is 202 Å². The van der Waals surface area contributed by atoms with Gasteiger partial charge >= 0.3 is 0 Å². The first-order chi connectivity index (χ1) is 16.5. The van der Waals surface area contributed by atoms with Crippen LogP contribution < -0.4 is 0 Å². The first-order valence-corrected chi connectivity index (χ1v) is 12.8. The first kappa shape index (κ1) is 23.0. The van der Waals surface area contributed by atoms with Crippen LogP contribution in [0.3, 0.4) is 0 Å². The molecule has 180 valence electrons. The minimum atomic E-state index is 0.146. The molecular weight excluding hydrogens is 424 g/mol. The van der Waals surface area contributed by atoms with Gasteiger partial charge in [-0.2, -0.15) is 0 Å². The van der Waals surface area contributed by atoms with Crippen molar-refractivity contribution in [1.29, 1.82) is 0 Å². The number of piperazine rings is 1. The molecular formula is C28H36N4O2. The van der Waals surface area contributed by atoms with Gasteiger partial charge in [-0.05, 0) is 61.3 Å². The van der Waals surface area contributed by atoms with E-state index in [0.29, 0.717) is 12.3 Å². The lowest BCUT2D eigenvalue weighted by Crippen LogP contribution is -2.50. The molecule has 2 aromatic rings. The van der Waals surface area contributed by atoms with Crippen molar-refractivity contribution < 1.29 is 9.59 Å². The van der Waals surface area contributed by atoms with E-state index in [-0.39, 0.29) is 17.9 Å². The standard InChI is InChI=1S/C28H36N4O2/c1-20-5-8-25-24(18-20)7-6-23-4-3-11-29-27(23)28(25)32-16-14-31(15-17-32)26(34)19-22-9-12-30(13-10-22)21(2)33/h3-5,8,11,18,22,28H,6-7,9-10,12-17,19H2,1-2H3/t28-/m0/s1. The zero-order chi connectivity index (χ0) is 23.7. The van der Waals surface area contributed by atoms with Crippen LogP contribution in [0, 0.1) is 12.8 Å². The minimum Gasteiger partial charge on any atom is -0.343 e. The van der Waals surface area contributed by atoms with Crippen LogP contribution >= 0.6 is 0 Å². The number of rotatable bonds is 3. The quantitative estimate of drug-likeness (QED) is 0.705. The number of aromatic nitrogens is 1. The normalized spacial score (nSPS) is 21.5. The Balaban J connectivity index is 1.26. The molecule has 1 aromatic carbocycles. The van der Waals surface area contributed by atoms with Crippen molar-refractivity contribution in [3.05, 3.63) is 64.5 Å². The number of pyridine rings is 1. The highest BCUT2D eigenvalue weighted by Crippen LogP contribution is 2.36. The third-order valence-electron chi connectivity index (χ3n) is 8.00. The van der Waals surface area contributed by atoms with E-state index < -0.39 is 0 Å². The summed E-state index contributed by atoms with van der Waals surface area (Å²) in [7, 11) is 0.